The van der Waals surface area contributed by atoms with E-state index in [9.17, 15) is 9.59 Å². The standard InChI is InChI=1S/C25H34N4O3/c1-32-20-9-6-17(16-27-20)28-24(31)22-19-8-7-18(25(19)10-11-25)21(22)23(30)26-12-2-3-13-29-14-4-5-15-29/h6-9,16,18-19,21-22H,2-5,10-15H2,1H3,(H,26,30)(H,28,31)/t18-,19+,21-,22-/m1/s1. The molecule has 4 atom stereocenters. The third-order valence-corrected chi connectivity index (χ3v) is 8.06. The van der Waals surface area contributed by atoms with E-state index in [1.165, 1.54) is 25.9 Å². The number of anilines is 1. The van der Waals surface area contributed by atoms with Crippen molar-refractivity contribution >= 4 is 17.5 Å². The topological polar surface area (TPSA) is 83.6 Å². The Labute approximate surface area is 190 Å². The molecule has 4 aliphatic rings. The third-order valence-electron chi connectivity index (χ3n) is 8.06. The molecule has 1 aromatic rings. The van der Waals surface area contributed by atoms with E-state index in [0.717, 1.165) is 32.2 Å². The van der Waals surface area contributed by atoms with E-state index < -0.39 is 0 Å². The van der Waals surface area contributed by atoms with Crippen molar-refractivity contribution in [1.82, 2.24) is 15.2 Å². The summed E-state index contributed by atoms with van der Waals surface area (Å²) >= 11 is 0. The number of nitrogens with one attached hydrogen (secondary N) is 2. The SMILES string of the molecule is COc1ccc(NC(=O)[C@H]2[C@H](C(=O)NCCCCN3CCCC3)[C@H]3C=C[C@@H]2C32CC2)cn1. The number of ether oxygens (including phenoxy) is 1. The van der Waals surface area contributed by atoms with E-state index in [-0.39, 0.29) is 40.9 Å². The zero-order valence-electron chi connectivity index (χ0n) is 18.9. The van der Waals surface area contributed by atoms with Gasteiger partial charge in [0.05, 0.1) is 30.8 Å². The van der Waals surface area contributed by atoms with Gasteiger partial charge in [0.2, 0.25) is 17.7 Å². The highest BCUT2D eigenvalue weighted by Crippen LogP contribution is 2.72. The van der Waals surface area contributed by atoms with Crippen LogP contribution < -0.4 is 15.4 Å². The number of allylic oxidation sites excluding steroid dienone is 2. The van der Waals surface area contributed by atoms with Gasteiger partial charge < -0.3 is 20.3 Å². The lowest BCUT2D eigenvalue weighted by molar-refractivity contribution is -0.132. The molecule has 0 radical (unpaired) electrons. The number of aromatic nitrogens is 1. The first kappa shape index (κ1) is 21.4. The minimum atomic E-state index is -0.320. The fourth-order valence-electron chi connectivity index (χ4n) is 6.31. The van der Waals surface area contributed by atoms with Gasteiger partial charge >= 0.3 is 0 Å². The van der Waals surface area contributed by atoms with Crippen molar-refractivity contribution in [3.8, 4) is 5.88 Å². The minimum Gasteiger partial charge on any atom is -0.481 e. The first-order valence-corrected chi connectivity index (χ1v) is 12.1. The van der Waals surface area contributed by atoms with E-state index in [2.05, 4.69) is 32.7 Å². The monoisotopic (exact) mass is 438 g/mol. The number of hydrogen-bond acceptors (Lipinski definition) is 5. The second-order valence-corrected chi connectivity index (χ2v) is 9.85. The molecule has 32 heavy (non-hydrogen) atoms. The predicted molar refractivity (Wildman–Crippen MR) is 122 cm³/mol. The second kappa shape index (κ2) is 8.85. The van der Waals surface area contributed by atoms with Crippen molar-refractivity contribution in [3.05, 3.63) is 30.5 Å². The molecule has 1 aliphatic heterocycles. The number of rotatable bonds is 9. The summed E-state index contributed by atoms with van der Waals surface area (Å²) in [5, 5.41) is 6.17. The van der Waals surface area contributed by atoms with Crippen molar-refractivity contribution in [2.45, 2.75) is 38.5 Å². The molecule has 2 heterocycles. The lowest BCUT2D eigenvalue weighted by Crippen LogP contribution is -2.42. The van der Waals surface area contributed by atoms with Gasteiger partial charge in [-0.3, -0.25) is 9.59 Å². The van der Waals surface area contributed by atoms with Crippen LogP contribution in [0.2, 0.25) is 0 Å². The molecule has 1 saturated heterocycles. The number of pyridine rings is 1. The summed E-state index contributed by atoms with van der Waals surface area (Å²) in [6, 6.07) is 3.51. The zero-order valence-corrected chi connectivity index (χ0v) is 18.9. The summed E-state index contributed by atoms with van der Waals surface area (Å²) in [5.41, 5.74) is 0.770. The Morgan fingerprint density at radius 2 is 1.81 bits per heavy atom. The van der Waals surface area contributed by atoms with Crippen LogP contribution in [0.5, 0.6) is 5.88 Å². The summed E-state index contributed by atoms with van der Waals surface area (Å²) in [5.74, 6) is 0.212. The number of carbonyl (C=O) groups excluding carboxylic acids is 2. The molecule has 7 heteroatoms. The molecule has 172 valence electrons. The number of carbonyl (C=O) groups is 2. The minimum absolute atomic E-state index is 0.0438. The molecule has 3 aliphatic carbocycles. The number of amides is 2. The molecule has 3 fully saturated rings. The maximum absolute atomic E-state index is 13.3. The fraction of sp³-hybridized carbons (Fsp3) is 0.640. The van der Waals surface area contributed by atoms with E-state index >= 15 is 0 Å². The first-order chi connectivity index (χ1) is 15.6. The lowest BCUT2D eigenvalue weighted by atomic mass is 9.81. The molecule has 2 amide bonds. The largest absolute Gasteiger partial charge is 0.481 e. The molecule has 7 nitrogen and oxygen atoms in total. The smallest absolute Gasteiger partial charge is 0.228 e. The Morgan fingerprint density at radius 3 is 2.44 bits per heavy atom. The first-order valence-electron chi connectivity index (χ1n) is 12.1. The Kier molecular flexibility index (Phi) is 5.93. The van der Waals surface area contributed by atoms with Gasteiger partial charge in [0.15, 0.2) is 0 Å². The number of hydrogen-bond donors (Lipinski definition) is 2. The molecular formula is C25H34N4O3. The van der Waals surface area contributed by atoms with Crippen LogP contribution in [0.4, 0.5) is 5.69 Å². The van der Waals surface area contributed by atoms with Gasteiger partial charge in [-0.2, -0.15) is 0 Å². The highest BCUT2D eigenvalue weighted by Gasteiger charge is 2.69. The number of likely N-dealkylation sites (tertiary alicyclic amines) is 1. The van der Waals surface area contributed by atoms with Gasteiger partial charge in [-0.25, -0.2) is 4.98 Å². The van der Waals surface area contributed by atoms with Gasteiger partial charge in [0.1, 0.15) is 0 Å². The van der Waals surface area contributed by atoms with Crippen LogP contribution in [0.1, 0.15) is 38.5 Å². The van der Waals surface area contributed by atoms with Gasteiger partial charge in [-0.1, -0.05) is 12.2 Å². The molecule has 1 aromatic heterocycles. The van der Waals surface area contributed by atoms with Crippen LogP contribution in [0, 0.1) is 29.1 Å². The number of nitrogens with zero attached hydrogens (tertiary/aromatic N) is 2. The van der Waals surface area contributed by atoms with Crippen LogP contribution in [0.15, 0.2) is 30.5 Å². The Balaban J connectivity index is 1.20. The van der Waals surface area contributed by atoms with Crippen LogP contribution in [-0.4, -0.2) is 55.0 Å². The maximum Gasteiger partial charge on any atom is 0.228 e. The van der Waals surface area contributed by atoms with Crippen molar-refractivity contribution in [2.24, 2.45) is 29.1 Å². The summed E-state index contributed by atoms with van der Waals surface area (Å²) in [6.07, 6.45) is 12.9. The Bertz CT molecular complexity index is 874. The quantitative estimate of drug-likeness (QED) is 0.458. The molecular weight excluding hydrogens is 404 g/mol. The van der Waals surface area contributed by atoms with E-state index in [4.69, 9.17) is 4.74 Å². The normalized spacial score (nSPS) is 29.4. The van der Waals surface area contributed by atoms with E-state index in [1.807, 2.05) is 0 Å². The van der Waals surface area contributed by atoms with Gasteiger partial charge in [-0.15, -0.1) is 0 Å². The molecule has 1 spiro atoms. The van der Waals surface area contributed by atoms with E-state index in [1.54, 1.807) is 25.4 Å². The van der Waals surface area contributed by atoms with E-state index in [0.29, 0.717) is 18.1 Å². The average Bonchev–Trinajstić information content (AvgIpc) is 3.16. The van der Waals surface area contributed by atoms with Gasteiger partial charge in [0.25, 0.3) is 0 Å². The molecule has 2 N–H and O–H groups in total. The summed E-state index contributed by atoms with van der Waals surface area (Å²) < 4.78 is 5.09. The molecule has 0 unspecified atom stereocenters. The zero-order chi connectivity index (χ0) is 22.1. The van der Waals surface area contributed by atoms with Gasteiger partial charge in [-0.05, 0) is 81.5 Å². The van der Waals surface area contributed by atoms with Crippen molar-refractivity contribution in [2.75, 3.05) is 38.6 Å². The number of methoxy groups -OCH3 is 1. The van der Waals surface area contributed by atoms with Crippen LogP contribution >= 0.6 is 0 Å². The van der Waals surface area contributed by atoms with Crippen LogP contribution in [0.3, 0.4) is 0 Å². The third kappa shape index (κ3) is 3.91. The van der Waals surface area contributed by atoms with Crippen molar-refractivity contribution < 1.29 is 14.3 Å². The summed E-state index contributed by atoms with van der Waals surface area (Å²) in [7, 11) is 1.56. The van der Waals surface area contributed by atoms with Gasteiger partial charge in [0, 0.05) is 12.6 Å². The molecule has 5 rings (SSSR count). The van der Waals surface area contributed by atoms with Crippen molar-refractivity contribution in [1.29, 1.82) is 0 Å². The Morgan fingerprint density at radius 1 is 1.09 bits per heavy atom. The Hall–Kier alpha value is -2.41. The predicted octanol–water partition coefficient (Wildman–Crippen LogP) is 2.85. The lowest BCUT2D eigenvalue weighted by Gasteiger charge is -2.26. The molecule has 2 bridgehead atoms. The van der Waals surface area contributed by atoms with Crippen molar-refractivity contribution in [3.63, 3.8) is 0 Å². The summed E-state index contributed by atoms with van der Waals surface area (Å²) in [6.45, 7) is 4.24. The number of unbranched alkanes of at least 4 members (excludes halogenated alkanes) is 1. The fourth-order valence-corrected chi connectivity index (χ4v) is 6.31. The highest BCUT2D eigenvalue weighted by molar-refractivity contribution is 5.97. The van der Waals surface area contributed by atoms with Crippen LogP contribution in [-0.2, 0) is 9.59 Å². The molecule has 2 saturated carbocycles. The van der Waals surface area contributed by atoms with Crippen LogP contribution in [0.25, 0.3) is 0 Å². The molecule has 0 aromatic carbocycles. The highest BCUT2D eigenvalue weighted by atomic mass is 16.5. The average molecular weight is 439 g/mol. The summed E-state index contributed by atoms with van der Waals surface area (Å²) in [4.78, 5) is 33.3. The maximum atomic E-state index is 13.3. The second-order valence-electron chi connectivity index (χ2n) is 9.85.